The Morgan fingerprint density at radius 1 is 1.31 bits per heavy atom. The first-order chi connectivity index (χ1) is 7.68. The minimum Gasteiger partial charge on any atom is -0.345 e. The summed E-state index contributed by atoms with van der Waals surface area (Å²) in [5.74, 6) is -0.00132. The van der Waals surface area contributed by atoms with Crippen LogP contribution in [0.15, 0.2) is 36.7 Å². The van der Waals surface area contributed by atoms with Gasteiger partial charge in [-0.1, -0.05) is 0 Å². The van der Waals surface area contributed by atoms with Gasteiger partial charge in [0.05, 0.1) is 11.9 Å². The van der Waals surface area contributed by atoms with Gasteiger partial charge in [0.15, 0.2) is 0 Å². The van der Waals surface area contributed by atoms with Gasteiger partial charge >= 0.3 is 0 Å². The number of benzene rings is 1. The molecule has 0 unspecified atom stereocenters. The Morgan fingerprint density at radius 2 is 2.00 bits per heavy atom. The maximum atomic E-state index is 11.6. The van der Waals surface area contributed by atoms with Crippen LogP contribution in [0.3, 0.4) is 0 Å². The van der Waals surface area contributed by atoms with Crippen LogP contribution in [0.25, 0.3) is 5.69 Å². The maximum Gasteiger partial charge on any atom is 0.253 e. The standard InChI is InChI=1S/C12H12N3O/c1-14(2)12(16)10-4-6-11(7-5-10)15-9-3-8-13-15/h4-9H,1-2H3. The van der Waals surface area contributed by atoms with Crippen molar-refractivity contribution in [2.75, 3.05) is 14.1 Å². The Morgan fingerprint density at radius 3 is 2.50 bits per heavy atom. The van der Waals surface area contributed by atoms with Gasteiger partial charge in [-0.3, -0.25) is 4.79 Å². The Bertz CT molecular complexity index is 471. The average Bonchev–Trinajstić information content (AvgIpc) is 2.81. The number of carbonyl (C=O) groups is 1. The molecule has 2 aromatic rings. The lowest BCUT2D eigenvalue weighted by Gasteiger charge is -2.10. The van der Waals surface area contributed by atoms with Crippen LogP contribution in [0, 0.1) is 6.07 Å². The van der Waals surface area contributed by atoms with Gasteiger partial charge in [-0.2, -0.15) is 5.10 Å². The molecule has 0 aliphatic carbocycles. The predicted molar refractivity (Wildman–Crippen MR) is 60.4 cm³/mol. The lowest BCUT2D eigenvalue weighted by molar-refractivity contribution is 0.0827. The molecule has 1 aromatic heterocycles. The first-order valence-electron chi connectivity index (χ1n) is 4.91. The number of rotatable bonds is 2. The summed E-state index contributed by atoms with van der Waals surface area (Å²) >= 11 is 0. The van der Waals surface area contributed by atoms with Crippen LogP contribution < -0.4 is 0 Å². The van der Waals surface area contributed by atoms with Crippen molar-refractivity contribution in [3.63, 3.8) is 0 Å². The van der Waals surface area contributed by atoms with E-state index >= 15 is 0 Å². The van der Waals surface area contributed by atoms with Gasteiger partial charge in [0.1, 0.15) is 0 Å². The highest BCUT2D eigenvalue weighted by atomic mass is 16.2. The summed E-state index contributed by atoms with van der Waals surface area (Å²) in [6.45, 7) is 0. The summed E-state index contributed by atoms with van der Waals surface area (Å²) < 4.78 is 1.70. The molecule has 0 saturated carbocycles. The zero-order valence-corrected chi connectivity index (χ0v) is 9.21. The lowest BCUT2D eigenvalue weighted by Crippen LogP contribution is -2.21. The van der Waals surface area contributed by atoms with Crippen molar-refractivity contribution < 1.29 is 4.79 Å². The van der Waals surface area contributed by atoms with E-state index in [2.05, 4.69) is 11.2 Å². The molecule has 4 heteroatoms. The van der Waals surface area contributed by atoms with Crippen LogP contribution in [-0.2, 0) is 0 Å². The molecule has 4 nitrogen and oxygen atoms in total. The highest BCUT2D eigenvalue weighted by molar-refractivity contribution is 5.94. The number of aromatic nitrogens is 2. The third-order valence-corrected chi connectivity index (χ3v) is 2.24. The second kappa shape index (κ2) is 4.18. The highest BCUT2D eigenvalue weighted by Gasteiger charge is 2.07. The van der Waals surface area contributed by atoms with Crippen LogP contribution in [0.5, 0.6) is 0 Å². The summed E-state index contributed by atoms with van der Waals surface area (Å²) in [4.78, 5) is 13.2. The van der Waals surface area contributed by atoms with Gasteiger partial charge in [-0.05, 0) is 24.3 Å². The number of nitrogens with zero attached hydrogens (tertiary/aromatic N) is 3. The van der Waals surface area contributed by atoms with Crippen LogP contribution in [0.4, 0.5) is 0 Å². The molecule has 0 aliphatic rings. The monoisotopic (exact) mass is 214 g/mol. The first-order valence-corrected chi connectivity index (χ1v) is 4.91. The third kappa shape index (κ3) is 1.95. The smallest absolute Gasteiger partial charge is 0.253 e. The number of carbonyl (C=O) groups excluding carboxylic acids is 1. The second-order valence-electron chi connectivity index (χ2n) is 3.63. The second-order valence-corrected chi connectivity index (χ2v) is 3.63. The van der Waals surface area contributed by atoms with Gasteiger partial charge in [0, 0.05) is 31.9 Å². The fourth-order valence-electron chi connectivity index (χ4n) is 1.39. The van der Waals surface area contributed by atoms with E-state index in [1.54, 1.807) is 48.2 Å². The molecule has 0 fully saturated rings. The molecule has 16 heavy (non-hydrogen) atoms. The van der Waals surface area contributed by atoms with Crippen LogP contribution >= 0.6 is 0 Å². The van der Waals surface area contributed by atoms with E-state index in [-0.39, 0.29) is 5.91 Å². The summed E-state index contributed by atoms with van der Waals surface area (Å²) in [5.41, 5.74) is 1.58. The molecule has 81 valence electrons. The molecule has 0 aliphatic heterocycles. The molecule has 2 rings (SSSR count). The van der Waals surface area contributed by atoms with Gasteiger partial charge in [0.25, 0.3) is 5.91 Å². The maximum absolute atomic E-state index is 11.6. The lowest BCUT2D eigenvalue weighted by atomic mass is 10.2. The van der Waals surface area contributed by atoms with Crippen LogP contribution in [0.1, 0.15) is 10.4 Å². The molecular weight excluding hydrogens is 202 g/mol. The molecule has 0 atom stereocenters. The quantitative estimate of drug-likeness (QED) is 0.757. The molecular formula is C12H12N3O. The van der Waals surface area contributed by atoms with E-state index in [1.807, 2.05) is 12.1 Å². The zero-order valence-electron chi connectivity index (χ0n) is 9.21. The van der Waals surface area contributed by atoms with Gasteiger partial charge in [-0.25, -0.2) is 4.68 Å². The summed E-state index contributed by atoms with van der Waals surface area (Å²) in [6, 6.07) is 10.2. The summed E-state index contributed by atoms with van der Waals surface area (Å²) in [7, 11) is 3.47. The zero-order chi connectivity index (χ0) is 11.5. The third-order valence-electron chi connectivity index (χ3n) is 2.24. The number of amides is 1. The van der Waals surface area contributed by atoms with E-state index in [9.17, 15) is 4.79 Å². The van der Waals surface area contributed by atoms with Crippen LogP contribution in [-0.4, -0.2) is 34.7 Å². The van der Waals surface area contributed by atoms with Gasteiger partial charge in [-0.15, -0.1) is 0 Å². The van der Waals surface area contributed by atoms with E-state index in [4.69, 9.17) is 0 Å². The average molecular weight is 214 g/mol. The molecule has 0 N–H and O–H groups in total. The van der Waals surface area contributed by atoms with Crippen molar-refractivity contribution in [3.8, 4) is 5.69 Å². The molecule has 1 radical (unpaired) electrons. The largest absolute Gasteiger partial charge is 0.345 e. The van der Waals surface area contributed by atoms with Crippen molar-refractivity contribution in [1.29, 1.82) is 0 Å². The first kappa shape index (κ1) is 10.4. The SMILES string of the molecule is CN(C)C(=O)c1ccc(-n2c[c]cn2)cc1. The van der Waals surface area contributed by atoms with Crippen molar-refractivity contribution in [3.05, 3.63) is 48.3 Å². The van der Waals surface area contributed by atoms with E-state index < -0.39 is 0 Å². The topological polar surface area (TPSA) is 38.1 Å². The van der Waals surface area contributed by atoms with Crippen molar-refractivity contribution in [2.45, 2.75) is 0 Å². The minimum absolute atomic E-state index is 0.00132. The van der Waals surface area contributed by atoms with Crippen LogP contribution in [0.2, 0.25) is 0 Å². The molecule has 1 heterocycles. The Kier molecular flexibility index (Phi) is 2.72. The number of hydrogen-bond acceptors (Lipinski definition) is 2. The number of hydrogen-bond donors (Lipinski definition) is 0. The van der Waals surface area contributed by atoms with Crippen molar-refractivity contribution in [1.82, 2.24) is 14.7 Å². The Balaban J connectivity index is 2.27. The minimum atomic E-state index is -0.00132. The van der Waals surface area contributed by atoms with E-state index in [0.29, 0.717) is 5.56 Å². The molecule has 1 amide bonds. The van der Waals surface area contributed by atoms with Gasteiger partial charge < -0.3 is 4.90 Å². The predicted octanol–water partition coefficient (Wildman–Crippen LogP) is 1.37. The van der Waals surface area contributed by atoms with Gasteiger partial charge in [0.2, 0.25) is 0 Å². The molecule has 0 spiro atoms. The molecule has 0 bridgehead atoms. The van der Waals surface area contributed by atoms with Crippen molar-refractivity contribution in [2.24, 2.45) is 0 Å². The molecule has 0 saturated heterocycles. The normalized spacial score (nSPS) is 10.1. The fraction of sp³-hybridized carbons (Fsp3) is 0.167. The Hall–Kier alpha value is -2.10. The van der Waals surface area contributed by atoms with E-state index in [1.165, 1.54) is 0 Å². The van der Waals surface area contributed by atoms with Crippen molar-refractivity contribution >= 4 is 5.91 Å². The van der Waals surface area contributed by atoms with E-state index in [0.717, 1.165) is 5.69 Å². The fourth-order valence-corrected chi connectivity index (χ4v) is 1.39. The molecule has 1 aromatic carbocycles. The highest BCUT2D eigenvalue weighted by Crippen LogP contribution is 2.09. The Labute approximate surface area is 94.1 Å². The summed E-state index contributed by atoms with van der Waals surface area (Å²) in [6.07, 6.45) is 3.33. The summed E-state index contributed by atoms with van der Waals surface area (Å²) in [5, 5.41) is 4.06.